The van der Waals surface area contributed by atoms with Crippen molar-refractivity contribution in [2.45, 2.75) is 82.4 Å². The van der Waals surface area contributed by atoms with Crippen LogP contribution >= 0.6 is 0 Å². The Bertz CT molecular complexity index is 1620. The lowest BCUT2D eigenvalue weighted by atomic mass is 9.68. The summed E-state index contributed by atoms with van der Waals surface area (Å²) in [5, 5.41) is 12.4. The molecular formula is C40H56ClN3O4S. The van der Waals surface area contributed by atoms with Gasteiger partial charge in [-0.05, 0) is 59.9 Å². The average Bonchev–Trinajstić information content (AvgIpc) is 3.17. The van der Waals surface area contributed by atoms with Crippen LogP contribution in [0.1, 0.15) is 80.5 Å². The van der Waals surface area contributed by atoms with E-state index in [9.17, 15) is 13.5 Å². The molecule has 2 atom stereocenters. The van der Waals surface area contributed by atoms with Crippen molar-refractivity contribution in [1.82, 2.24) is 4.90 Å². The van der Waals surface area contributed by atoms with E-state index in [-0.39, 0.29) is 18.2 Å². The van der Waals surface area contributed by atoms with Crippen molar-refractivity contribution in [2.24, 2.45) is 5.41 Å². The van der Waals surface area contributed by atoms with Gasteiger partial charge in [-0.15, -0.1) is 0 Å². The van der Waals surface area contributed by atoms with Gasteiger partial charge in [0, 0.05) is 56.3 Å². The molecule has 3 aromatic carbocycles. The third-order valence-electron chi connectivity index (χ3n) is 11.5. The first-order chi connectivity index (χ1) is 23.1. The number of anilines is 1. The summed E-state index contributed by atoms with van der Waals surface area (Å²) in [6.45, 7) is 13.3. The number of aliphatic hydroxyl groups excluding tert-OH is 1. The molecule has 268 valence electrons. The molecule has 2 bridgehead atoms. The highest BCUT2D eigenvalue weighted by Crippen LogP contribution is 2.50. The average molecular weight is 710 g/mol. The summed E-state index contributed by atoms with van der Waals surface area (Å²) in [4.78, 5) is 4.93. The standard InChI is InChI=1S/C40H56N3O4S.ClH/c1-5-7-19-40(20-8-6-2)30-48(45,46)37-18-15-34(41(3)4)27-36(37)38(39(40)44)33-13-16-35(17-14-33)47-29-32-11-9-31(10-12-32)28-43-24-21-42(22-25-43)23-26-43;/h9-18,27,38-39,44H,5-8,19-26,28-30H2,1-4H3;1H/q+1;/p-1/t38-,39?;/m0./s1. The fraction of sp³-hybridized carbons (Fsp3) is 0.550. The number of benzene rings is 3. The van der Waals surface area contributed by atoms with Gasteiger partial charge in [0.05, 0.1) is 36.4 Å². The zero-order chi connectivity index (χ0) is 33.9. The fourth-order valence-electron chi connectivity index (χ4n) is 8.43. The number of halogens is 1. The second kappa shape index (κ2) is 15.7. The minimum absolute atomic E-state index is 0. The Kier molecular flexibility index (Phi) is 12.1. The number of nitrogens with zero attached hydrogens (tertiary/aromatic N) is 3. The number of unbranched alkanes of at least 4 members (excludes halogenated alkanes) is 2. The van der Waals surface area contributed by atoms with E-state index >= 15 is 0 Å². The maximum absolute atomic E-state index is 14.1. The number of hydrogen-bond acceptors (Lipinski definition) is 6. The Balaban J connectivity index is 0.00000468. The third-order valence-corrected chi connectivity index (χ3v) is 13.5. The first-order valence-corrected chi connectivity index (χ1v) is 19.8. The zero-order valence-corrected chi connectivity index (χ0v) is 31.5. The SMILES string of the molecule is CCCCC1(CCCC)CS(=O)(=O)c2ccc(N(C)C)cc2[C@H](c2ccc(OCc3ccc(C[N+]45CCN(CC4)CC5)cc3)cc2)C1O.[Cl-]. The number of quaternary nitrogens is 1. The molecule has 0 amide bonds. The summed E-state index contributed by atoms with van der Waals surface area (Å²) in [7, 11) is 0.290. The van der Waals surface area contributed by atoms with Crippen LogP contribution < -0.4 is 22.0 Å². The smallest absolute Gasteiger partial charge is 0.179 e. The van der Waals surface area contributed by atoms with Gasteiger partial charge in [-0.2, -0.15) is 0 Å². The van der Waals surface area contributed by atoms with Crippen molar-refractivity contribution in [3.05, 3.63) is 89.0 Å². The Morgan fingerprint density at radius 2 is 1.47 bits per heavy atom. The summed E-state index contributed by atoms with van der Waals surface area (Å²) < 4.78 is 35.7. The number of aliphatic hydroxyl groups is 1. The highest BCUT2D eigenvalue weighted by atomic mass is 35.5. The van der Waals surface area contributed by atoms with Gasteiger partial charge in [0.25, 0.3) is 0 Å². The van der Waals surface area contributed by atoms with Gasteiger partial charge < -0.3 is 31.6 Å². The minimum Gasteiger partial charge on any atom is -1.00 e. The van der Waals surface area contributed by atoms with Gasteiger partial charge in [0.15, 0.2) is 9.84 Å². The quantitative estimate of drug-likeness (QED) is 0.274. The predicted molar refractivity (Wildman–Crippen MR) is 194 cm³/mol. The molecular weight excluding hydrogens is 654 g/mol. The lowest BCUT2D eigenvalue weighted by Crippen LogP contribution is -3.00. The van der Waals surface area contributed by atoms with Gasteiger partial charge >= 0.3 is 0 Å². The normalized spacial score (nSPS) is 25.1. The Hall–Kier alpha value is -2.62. The zero-order valence-electron chi connectivity index (χ0n) is 29.9. The molecule has 9 heteroatoms. The maximum atomic E-state index is 14.1. The Morgan fingerprint density at radius 3 is 2.04 bits per heavy atom. The highest BCUT2D eigenvalue weighted by molar-refractivity contribution is 7.91. The van der Waals surface area contributed by atoms with E-state index in [0.29, 0.717) is 29.9 Å². The summed E-state index contributed by atoms with van der Waals surface area (Å²) in [6.07, 6.45) is 4.21. The summed E-state index contributed by atoms with van der Waals surface area (Å²) >= 11 is 0. The van der Waals surface area contributed by atoms with Crippen molar-refractivity contribution in [3.8, 4) is 5.75 Å². The van der Waals surface area contributed by atoms with Crippen molar-refractivity contribution >= 4 is 15.5 Å². The topological polar surface area (TPSA) is 70.1 Å². The van der Waals surface area contributed by atoms with Gasteiger partial charge in [0.2, 0.25) is 0 Å². The van der Waals surface area contributed by atoms with Crippen LogP contribution in [0.4, 0.5) is 5.69 Å². The van der Waals surface area contributed by atoms with E-state index in [1.54, 1.807) is 6.07 Å². The van der Waals surface area contributed by atoms with Gasteiger partial charge in [0.1, 0.15) is 18.9 Å². The van der Waals surface area contributed by atoms with Gasteiger partial charge in [-0.3, -0.25) is 4.90 Å². The number of hydrogen-bond donors (Lipinski definition) is 1. The molecule has 0 aromatic heterocycles. The molecule has 49 heavy (non-hydrogen) atoms. The van der Waals surface area contributed by atoms with E-state index in [1.165, 1.54) is 49.3 Å². The molecule has 0 radical (unpaired) electrons. The Labute approximate surface area is 301 Å². The molecule has 1 N–H and O–H groups in total. The van der Waals surface area contributed by atoms with E-state index in [2.05, 4.69) is 43.0 Å². The van der Waals surface area contributed by atoms with Crippen LogP contribution in [0.3, 0.4) is 0 Å². The van der Waals surface area contributed by atoms with Crippen molar-refractivity contribution in [3.63, 3.8) is 0 Å². The van der Waals surface area contributed by atoms with Crippen LogP contribution in [0, 0.1) is 5.41 Å². The van der Waals surface area contributed by atoms with Crippen LogP contribution in [0.15, 0.2) is 71.6 Å². The van der Waals surface area contributed by atoms with Gasteiger partial charge in [-0.25, -0.2) is 8.42 Å². The van der Waals surface area contributed by atoms with E-state index < -0.39 is 27.3 Å². The molecule has 3 saturated heterocycles. The molecule has 7 nitrogen and oxygen atoms in total. The molecule has 7 rings (SSSR count). The first-order valence-electron chi connectivity index (χ1n) is 18.2. The third kappa shape index (κ3) is 8.15. The maximum Gasteiger partial charge on any atom is 0.179 e. The lowest BCUT2D eigenvalue weighted by Gasteiger charge is -2.50. The molecule has 0 aliphatic carbocycles. The largest absolute Gasteiger partial charge is 1.00 e. The van der Waals surface area contributed by atoms with Crippen molar-refractivity contribution in [2.75, 3.05) is 64.0 Å². The highest BCUT2D eigenvalue weighted by Gasteiger charge is 2.49. The molecule has 0 spiro atoms. The van der Waals surface area contributed by atoms with E-state index in [4.69, 9.17) is 4.74 Å². The van der Waals surface area contributed by atoms with Crippen LogP contribution in [-0.2, 0) is 23.0 Å². The molecule has 0 saturated carbocycles. The first kappa shape index (κ1) is 37.6. The predicted octanol–water partition coefficient (Wildman–Crippen LogP) is 3.63. The molecule has 3 aromatic rings. The van der Waals surface area contributed by atoms with Gasteiger partial charge in [-0.1, -0.05) is 75.9 Å². The van der Waals surface area contributed by atoms with Crippen LogP contribution in [-0.4, -0.2) is 88.1 Å². The number of fused-ring (bicyclic) bond motifs is 4. The van der Waals surface area contributed by atoms with E-state index in [1.807, 2.05) is 55.4 Å². The number of ether oxygens (including phenoxy) is 1. The van der Waals surface area contributed by atoms with Crippen molar-refractivity contribution < 1.29 is 35.2 Å². The number of rotatable bonds is 13. The summed E-state index contributed by atoms with van der Waals surface area (Å²) in [5.41, 5.74) is 4.34. The number of sulfone groups is 1. The summed E-state index contributed by atoms with van der Waals surface area (Å²) in [6, 6.07) is 22.5. The molecule has 4 aliphatic rings. The molecule has 4 aliphatic heterocycles. The molecule has 1 unspecified atom stereocenters. The fourth-order valence-corrected chi connectivity index (χ4v) is 10.6. The second-order valence-corrected chi connectivity index (χ2v) is 17.0. The molecule has 3 fully saturated rings. The Morgan fingerprint density at radius 1 is 0.878 bits per heavy atom. The summed E-state index contributed by atoms with van der Waals surface area (Å²) in [5.74, 6) is 0.264. The number of piperazine rings is 3. The second-order valence-electron chi connectivity index (χ2n) is 15.1. The minimum atomic E-state index is -3.63. The van der Waals surface area contributed by atoms with Crippen LogP contribution in [0.2, 0.25) is 0 Å². The van der Waals surface area contributed by atoms with E-state index in [0.717, 1.165) is 54.8 Å². The van der Waals surface area contributed by atoms with Crippen LogP contribution in [0.5, 0.6) is 5.75 Å². The molecule has 4 heterocycles. The lowest BCUT2D eigenvalue weighted by molar-refractivity contribution is -0.953. The van der Waals surface area contributed by atoms with Crippen molar-refractivity contribution in [1.29, 1.82) is 0 Å². The van der Waals surface area contributed by atoms with Crippen LogP contribution in [0.25, 0.3) is 0 Å². The monoisotopic (exact) mass is 709 g/mol.